The third-order valence-electron chi connectivity index (χ3n) is 4.14. The van der Waals surface area contributed by atoms with Gasteiger partial charge in [-0.25, -0.2) is 0 Å². The van der Waals surface area contributed by atoms with Crippen molar-refractivity contribution in [2.24, 2.45) is 0 Å². The minimum atomic E-state index is -4.60. The van der Waals surface area contributed by atoms with Crippen molar-refractivity contribution in [3.63, 3.8) is 0 Å². The van der Waals surface area contributed by atoms with Gasteiger partial charge in [0.1, 0.15) is 0 Å². The van der Waals surface area contributed by atoms with E-state index in [0.29, 0.717) is 0 Å². The Balaban J connectivity index is 1.85. The lowest BCUT2D eigenvalue weighted by Gasteiger charge is -2.16. The number of carbonyl (C=O) groups excluding carboxylic acids is 1. The zero-order chi connectivity index (χ0) is 21.9. The van der Waals surface area contributed by atoms with Crippen molar-refractivity contribution in [2.45, 2.75) is 12.4 Å². The van der Waals surface area contributed by atoms with Gasteiger partial charge in [0.15, 0.2) is 0 Å². The van der Waals surface area contributed by atoms with Crippen LogP contribution in [0.3, 0.4) is 0 Å². The summed E-state index contributed by atoms with van der Waals surface area (Å²) in [5, 5.41) is 5.05. The van der Waals surface area contributed by atoms with Gasteiger partial charge in [-0.3, -0.25) is 4.79 Å². The highest BCUT2D eigenvalue weighted by Crippen LogP contribution is 2.36. The second kappa shape index (κ2) is 8.10. The molecule has 3 nitrogen and oxygen atoms in total. The molecule has 0 unspecified atom stereocenters. The quantitative estimate of drug-likeness (QED) is 0.457. The Morgan fingerprint density at radius 1 is 0.667 bits per heavy atom. The fourth-order valence-corrected chi connectivity index (χ4v) is 2.72. The Labute approximate surface area is 167 Å². The summed E-state index contributed by atoms with van der Waals surface area (Å²) in [5.41, 5.74) is -1.76. The topological polar surface area (TPSA) is 41.1 Å². The van der Waals surface area contributed by atoms with E-state index in [-0.39, 0.29) is 22.6 Å². The number of nitrogens with one attached hydrogen (secondary N) is 2. The fraction of sp³-hybridized carbons (Fsp3) is 0.0952. The van der Waals surface area contributed by atoms with Crippen LogP contribution in [-0.4, -0.2) is 5.91 Å². The molecule has 0 aliphatic heterocycles. The molecule has 30 heavy (non-hydrogen) atoms. The van der Waals surface area contributed by atoms with Crippen molar-refractivity contribution < 1.29 is 31.1 Å². The van der Waals surface area contributed by atoms with Gasteiger partial charge in [-0.1, -0.05) is 24.3 Å². The number of halogens is 6. The number of alkyl halides is 6. The van der Waals surface area contributed by atoms with Gasteiger partial charge in [-0.2, -0.15) is 26.3 Å². The van der Waals surface area contributed by atoms with Crippen molar-refractivity contribution in [1.82, 2.24) is 0 Å². The van der Waals surface area contributed by atoms with Crippen LogP contribution >= 0.6 is 0 Å². The molecule has 9 heteroatoms. The Morgan fingerprint density at radius 3 is 1.83 bits per heavy atom. The van der Waals surface area contributed by atoms with Gasteiger partial charge < -0.3 is 10.6 Å². The first-order valence-electron chi connectivity index (χ1n) is 8.56. The Kier molecular flexibility index (Phi) is 5.73. The number of amides is 1. The first-order valence-corrected chi connectivity index (χ1v) is 8.56. The highest BCUT2D eigenvalue weighted by atomic mass is 19.4. The fourth-order valence-electron chi connectivity index (χ4n) is 2.72. The molecule has 0 atom stereocenters. The van der Waals surface area contributed by atoms with Crippen LogP contribution in [-0.2, 0) is 12.4 Å². The Hall–Kier alpha value is -3.49. The summed E-state index contributed by atoms with van der Waals surface area (Å²) in [7, 11) is 0. The summed E-state index contributed by atoms with van der Waals surface area (Å²) >= 11 is 0. The molecule has 0 saturated carbocycles. The van der Waals surface area contributed by atoms with E-state index in [0.717, 1.165) is 30.3 Å². The molecule has 3 rings (SSSR count). The van der Waals surface area contributed by atoms with Gasteiger partial charge >= 0.3 is 12.4 Å². The van der Waals surface area contributed by atoms with Crippen molar-refractivity contribution >= 4 is 23.0 Å². The van der Waals surface area contributed by atoms with Gasteiger partial charge in [-0.15, -0.1) is 0 Å². The lowest BCUT2D eigenvalue weighted by Crippen LogP contribution is -2.15. The van der Waals surface area contributed by atoms with E-state index < -0.39 is 29.4 Å². The lowest BCUT2D eigenvalue weighted by atomic mass is 10.1. The summed E-state index contributed by atoms with van der Waals surface area (Å²) < 4.78 is 77.6. The van der Waals surface area contributed by atoms with E-state index in [1.807, 2.05) is 0 Å². The van der Waals surface area contributed by atoms with E-state index in [4.69, 9.17) is 0 Å². The van der Waals surface area contributed by atoms with Gasteiger partial charge in [0.25, 0.3) is 5.91 Å². The number of para-hydroxylation sites is 2. The molecule has 0 fully saturated rings. The molecule has 0 aliphatic carbocycles. The van der Waals surface area contributed by atoms with Crippen molar-refractivity contribution in [1.29, 1.82) is 0 Å². The van der Waals surface area contributed by atoms with Crippen LogP contribution in [0.5, 0.6) is 0 Å². The summed E-state index contributed by atoms with van der Waals surface area (Å²) in [4.78, 5) is 12.6. The molecule has 0 saturated heterocycles. The predicted octanol–water partition coefficient (Wildman–Crippen LogP) is 6.72. The lowest BCUT2D eigenvalue weighted by molar-refractivity contribution is -0.138. The average molecular weight is 424 g/mol. The number of hydrogen-bond acceptors (Lipinski definition) is 2. The molecule has 0 aromatic heterocycles. The normalized spacial score (nSPS) is 11.8. The standard InChI is InChI=1S/C21H14F6N2O/c22-20(23,24)13-9-11-14(12-10-13)28-19(30)15-5-1-3-7-17(15)29-18-8-4-2-6-16(18)21(25,26)27/h1-12,29H,(H,28,30). The average Bonchev–Trinajstić information content (AvgIpc) is 2.67. The Bertz CT molecular complexity index is 1040. The maximum atomic E-state index is 13.2. The zero-order valence-corrected chi connectivity index (χ0v) is 15.1. The van der Waals surface area contributed by atoms with Gasteiger partial charge in [0, 0.05) is 5.69 Å². The van der Waals surface area contributed by atoms with E-state index >= 15 is 0 Å². The molecule has 0 radical (unpaired) electrons. The first-order chi connectivity index (χ1) is 14.1. The number of carbonyl (C=O) groups is 1. The second-order valence-electron chi connectivity index (χ2n) is 6.24. The smallest absolute Gasteiger partial charge is 0.354 e. The SMILES string of the molecule is O=C(Nc1ccc(C(F)(F)F)cc1)c1ccccc1Nc1ccccc1C(F)(F)F. The van der Waals surface area contributed by atoms with Crippen LogP contribution in [0.25, 0.3) is 0 Å². The maximum Gasteiger partial charge on any atom is 0.418 e. The van der Waals surface area contributed by atoms with Crippen LogP contribution in [0.1, 0.15) is 21.5 Å². The number of benzene rings is 3. The molecule has 156 valence electrons. The molecule has 0 aliphatic rings. The molecule has 0 heterocycles. The predicted molar refractivity (Wildman–Crippen MR) is 101 cm³/mol. The third kappa shape index (κ3) is 4.91. The summed E-state index contributed by atoms with van der Waals surface area (Å²) in [5.74, 6) is -0.692. The molecule has 3 aromatic rings. The summed E-state index contributed by atoms with van der Waals surface area (Å²) in [6, 6.07) is 14.5. The molecular formula is C21H14F6N2O. The highest BCUT2D eigenvalue weighted by Gasteiger charge is 2.33. The minimum absolute atomic E-state index is 0.0226. The van der Waals surface area contributed by atoms with E-state index in [2.05, 4.69) is 10.6 Å². The van der Waals surface area contributed by atoms with Crippen LogP contribution in [0.15, 0.2) is 72.8 Å². The van der Waals surface area contributed by atoms with Gasteiger partial charge in [-0.05, 0) is 48.5 Å². The molecule has 0 spiro atoms. The third-order valence-corrected chi connectivity index (χ3v) is 4.14. The number of anilines is 3. The number of rotatable bonds is 4. The minimum Gasteiger partial charge on any atom is -0.354 e. The van der Waals surface area contributed by atoms with Crippen LogP contribution < -0.4 is 10.6 Å². The number of hydrogen-bond donors (Lipinski definition) is 2. The van der Waals surface area contributed by atoms with Gasteiger partial charge in [0.05, 0.1) is 28.1 Å². The molecule has 0 bridgehead atoms. The van der Waals surface area contributed by atoms with Crippen molar-refractivity contribution in [3.05, 3.63) is 89.5 Å². The van der Waals surface area contributed by atoms with Crippen molar-refractivity contribution in [2.75, 3.05) is 10.6 Å². The summed E-state index contributed by atoms with van der Waals surface area (Å²) in [6.07, 6.45) is -9.11. The second-order valence-corrected chi connectivity index (χ2v) is 6.24. The van der Waals surface area contributed by atoms with Gasteiger partial charge in [0.2, 0.25) is 0 Å². The first kappa shape index (κ1) is 21.2. The van der Waals surface area contributed by atoms with E-state index in [1.165, 1.54) is 42.5 Å². The summed E-state index contributed by atoms with van der Waals surface area (Å²) in [6.45, 7) is 0. The molecule has 1 amide bonds. The van der Waals surface area contributed by atoms with E-state index in [1.54, 1.807) is 0 Å². The maximum absolute atomic E-state index is 13.2. The monoisotopic (exact) mass is 424 g/mol. The van der Waals surface area contributed by atoms with Crippen LogP contribution in [0.4, 0.5) is 43.4 Å². The Morgan fingerprint density at radius 2 is 1.23 bits per heavy atom. The van der Waals surface area contributed by atoms with Crippen LogP contribution in [0, 0.1) is 0 Å². The van der Waals surface area contributed by atoms with Crippen molar-refractivity contribution in [3.8, 4) is 0 Å². The zero-order valence-electron chi connectivity index (χ0n) is 15.1. The van der Waals surface area contributed by atoms with E-state index in [9.17, 15) is 31.1 Å². The molecular weight excluding hydrogens is 410 g/mol. The molecule has 3 aromatic carbocycles. The highest BCUT2D eigenvalue weighted by molar-refractivity contribution is 6.08. The van der Waals surface area contributed by atoms with Crippen LogP contribution in [0.2, 0.25) is 0 Å². The largest absolute Gasteiger partial charge is 0.418 e. The molecule has 2 N–H and O–H groups in total.